The van der Waals surface area contributed by atoms with Crippen LogP contribution < -0.4 is 4.72 Å². The van der Waals surface area contributed by atoms with Gasteiger partial charge in [-0.05, 0) is 54.5 Å². The highest BCUT2D eigenvalue weighted by Gasteiger charge is 2.30. The number of thiophene rings is 1. The number of Topliss-reactive ketones (excluding diaryl/α,β-unsaturated/α-hetero) is 1. The van der Waals surface area contributed by atoms with Gasteiger partial charge in [-0.25, -0.2) is 13.1 Å². The van der Waals surface area contributed by atoms with Crippen LogP contribution in [0.1, 0.15) is 50.5 Å². The molecule has 0 spiro atoms. The molecule has 1 atom stereocenters. The highest BCUT2D eigenvalue weighted by atomic mass is 35.5. The van der Waals surface area contributed by atoms with Gasteiger partial charge in [0.25, 0.3) is 15.9 Å². The maximum absolute atomic E-state index is 13.2. The standard InChI is InChI=1S/C20H21ClN2O5S2/c1-10-7-11(2)15(8-14(10)9-24)12(3)18(25)19-16(5-6-29-19)30(26,27)23-20-17(21)13(4)22-28-20/h5-8,12,23-24H,9H2,1-4H3. The molecule has 0 amide bonds. The van der Waals surface area contributed by atoms with Crippen LogP contribution in [0.3, 0.4) is 0 Å². The molecule has 0 radical (unpaired) electrons. The fraction of sp³-hybridized carbons (Fsp3) is 0.300. The number of hydrogen-bond donors (Lipinski definition) is 2. The van der Waals surface area contributed by atoms with E-state index in [2.05, 4.69) is 9.88 Å². The third-order valence-electron chi connectivity index (χ3n) is 4.92. The summed E-state index contributed by atoms with van der Waals surface area (Å²) in [5, 5.41) is 14.8. The van der Waals surface area contributed by atoms with E-state index in [0.29, 0.717) is 5.69 Å². The number of halogens is 1. The number of sulfonamides is 1. The van der Waals surface area contributed by atoms with E-state index in [1.54, 1.807) is 25.3 Å². The average molecular weight is 469 g/mol. The van der Waals surface area contributed by atoms with E-state index in [1.165, 1.54) is 6.07 Å². The predicted molar refractivity (Wildman–Crippen MR) is 116 cm³/mol. The van der Waals surface area contributed by atoms with Gasteiger partial charge in [0, 0.05) is 5.92 Å². The van der Waals surface area contributed by atoms with Gasteiger partial charge in [0.05, 0.1) is 11.5 Å². The van der Waals surface area contributed by atoms with Crippen molar-refractivity contribution in [1.82, 2.24) is 5.16 Å². The maximum Gasteiger partial charge on any atom is 0.265 e. The fourth-order valence-electron chi connectivity index (χ4n) is 3.18. The van der Waals surface area contributed by atoms with Crippen molar-refractivity contribution in [1.29, 1.82) is 0 Å². The number of aliphatic hydroxyl groups excluding tert-OH is 1. The summed E-state index contributed by atoms with van der Waals surface area (Å²) >= 11 is 7.05. The SMILES string of the molecule is Cc1cc(C)c(C(C)C(=O)c2sccc2S(=O)(=O)Nc2onc(C)c2Cl)cc1CO. The van der Waals surface area contributed by atoms with Crippen molar-refractivity contribution < 1.29 is 22.8 Å². The van der Waals surface area contributed by atoms with Gasteiger partial charge in [-0.1, -0.05) is 35.8 Å². The number of aryl methyl sites for hydroxylation is 3. The molecular weight excluding hydrogens is 448 g/mol. The summed E-state index contributed by atoms with van der Waals surface area (Å²) in [5.41, 5.74) is 3.65. The summed E-state index contributed by atoms with van der Waals surface area (Å²) < 4.78 is 32.9. The number of ketones is 1. The summed E-state index contributed by atoms with van der Waals surface area (Å²) in [6.45, 7) is 6.94. The summed E-state index contributed by atoms with van der Waals surface area (Å²) in [6.07, 6.45) is 0. The Labute approximate surface area is 183 Å². The van der Waals surface area contributed by atoms with E-state index < -0.39 is 15.9 Å². The monoisotopic (exact) mass is 468 g/mol. The van der Waals surface area contributed by atoms with Gasteiger partial charge >= 0.3 is 0 Å². The molecule has 1 unspecified atom stereocenters. The Morgan fingerprint density at radius 1 is 1.30 bits per heavy atom. The second kappa shape index (κ2) is 8.50. The molecule has 0 aliphatic heterocycles. The molecule has 3 aromatic rings. The number of nitrogens with one attached hydrogen (secondary N) is 1. The van der Waals surface area contributed by atoms with Crippen LogP contribution in [0.4, 0.5) is 5.88 Å². The highest BCUT2D eigenvalue weighted by Crippen LogP contribution is 2.33. The zero-order valence-electron chi connectivity index (χ0n) is 16.8. The van der Waals surface area contributed by atoms with Gasteiger partial charge in [-0.15, -0.1) is 11.3 Å². The number of anilines is 1. The quantitative estimate of drug-likeness (QED) is 0.490. The van der Waals surface area contributed by atoms with Crippen LogP contribution in [-0.2, 0) is 16.6 Å². The number of carbonyl (C=O) groups is 1. The second-order valence-electron chi connectivity index (χ2n) is 7.01. The lowest BCUT2D eigenvalue weighted by atomic mass is 9.89. The largest absolute Gasteiger partial charge is 0.392 e. The van der Waals surface area contributed by atoms with Crippen molar-refractivity contribution >= 4 is 44.6 Å². The van der Waals surface area contributed by atoms with Crippen molar-refractivity contribution in [3.05, 3.63) is 61.4 Å². The van der Waals surface area contributed by atoms with E-state index in [9.17, 15) is 18.3 Å². The number of aromatic nitrogens is 1. The third-order valence-corrected chi connectivity index (χ3v) is 7.79. The Morgan fingerprint density at radius 3 is 2.60 bits per heavy atom. The molecule has 7 nitrogen and oxygen atoms in total. The number of nitrogens with zero attached hydrogens (tertiary/aromatic N) is 1. The molecule has 0 fully saturated rings. The van der Waals surface area contributed by atoms with E-state index >= 15 is 0 Å². The summed E-state index contributed by atoms with van der Waals surface area (Å²) in [6, 6.07) is 5.07. The summed E-state index contributed by atoms with van der Waals surface area (Å²) in [5.74, 6) is -1.13. The Bertz CT molecular complexity index is 1210. The van der Waals surface area contributed by atoms with Crippen LogP contribution >= 0.6 is 22.9 Å². The van der Waals surface area contributed by atoms with Crippen LogP contribution in [0.5, 0.6) is 0 Å². The second-order valence-corrected chi connectivity index (χ2v) is 9.95. The van der Waals surface area contributed by atoms with Gasteiger partial charge in [-0.2, -0.15) is 0 Å². The van der Waals surface area contributed by atoms with E-state index in [4.69, 9.17) is 16.1 Å². The Balaban J connectivity index is 1.96. The number of benzene rings is 1. The van der Waals surface area contributed by atoms with Crippen molar-refractivity contribution in [2.24, 2.45) is 0 Å². The minimum Gasteiger partial charge on any atom is -0.392 e. The number of hydrogen-bond acceptors (Lipinski definition) is 7. The molecule has 2 aromatic heterocycles. The van der Waals surface area contributed by atoms with E-state index in [0.717, 1.165) is 33.6 Å². The van der Waals surface area contributed by atoms with Crippen molar-refractivity contribution in [3.63, 3.8) is 0 Å². The average Bonchev–Trinajstić information content (AvgIpc) is 3.30. The van der Waals surface area contributed by atoms with Crippen LogP contribution in [-0.4, -0.2) is 24.5 Å². The molecule has 10 heteroatoms. The zero-order chi connectivity index (χ0) is 22.2. The molecule has 0 saturated carbocycles. The van der Waals surface area contributed by atoms with Crippen LogP contribution in [0.2, 0.25) is 5.02 Å². The molecule has 3 rings (SSSR count). The van der Waals surface area contributed by atoms with Crippen LogP contribution in [0.25, 0.3) is 0 Å². The molecule has 160 valence electrons. The molecule has 0 saturated heterocycles. The van der Waals surface area contributed by atoms with Gasteiger partial charge in [0.1, 0.15) is 15.6 Å². The van der Waals surface area contributed by atoms with Crippen molar-refractivity contribution in [2.75, 3.05) is 4.72 Å². The first-order valence-electron chi connectivity index (χ1n) is 9.04. The Hall–Kier alpha value is -2.20. The van der Waals surface area contributed by atoms with Crippen molar-refractivity contribution in [3.8, 4) is 0 Å². The lowest BCUT2D eigenvalue weighted by molar-refractivity contribution is 0.0966. The smallest absolute Gasteiger partial charge is 0.265 e. The number of carbonyl (C=O) groups excluding carboxylic acids is 1. The van der Waals surface area contributed by atoms with Gasteiger partial charge in [-0.3, -0.25) is 4.79 Å². The first-order valence-corrected chi connectivity index (χ1v) is 11.8. The highest BCUT2D eigenvalue weighted by molar-refractivity contribution is 7.93. The fourth-order valence-corrected chi connectivity index (χ4v) is 5.81. The van der Waals surface area contributed by atoms with E-state index in [-0.39, 0.29) is 33.1 Å². The molecule has 0 bridgehead atoms. The Morgan fingerprint density at radius 2 is 2.00 bits per heavy atom. The van der Waals surface area contributed by atoms with Crippen LogP contribution in [0, 0.1) is 20.8 Å². The molecule has 2 N–H and O–H groups in total. The normalized spacial score (nSPS) is 12.7. The minimum absolute atomic E-state index is 0.0573. The van der Waals surface area contributed by atoms with Crippen molar-refractivity contribution in [2.45, 2.75) is 45.1 Å². The number of rotatable bonds is 7. The van der Waals surface area contributed by atoms with Gasteiger partial charge in [0.15, 0.2) is 5.78 Å². The maximum atomic E-state index is 13.2. The lowest BCUT2D eigenvalue weighted by Crippen LogP contribution is -2.18. The van der Waals surface area contributed by atoms with E-state index in [1.807, 2.05) is 19.9 Å². The molecular formula is C20H21ClN2O5S2. The zero-order valence-corrected chi connectivity index (χ0v) is 19.2. The minimum atomic E-state index is -4.12. The molecule has 2 heterocycles. The van der Waals surface area contributed by atoms with Crippen LogP contribution in [0.15, 0.2) is 33.0 Å². The molecule has 0 aliphatic carbocycles. The topological polar surface area (TPSA) is 110 Å². The lowest BCUT2D eigenvalue weighted by Gasteiger charge is -2.17. The first-order chi connectivity index (χ1) is 14.1. The molecule has 0 aliphatic rings. The van der Waals surface area contributed by atoms with Gasteiger partial charge in [0.2, 0.25) is 0 Å². The Kier molecular flexibility index (Phi) is 6.37. The number of aliphatic hydroxyl groups is 1. The summed E-state index contributed by atoms with van der Waals surface area (Å²) in [4.78, 5) is 13.2. The third kappa shape index (κ3) is 4.15. The predicted octanol–water partition coefficient (Wildman–Crippen LogP) is 4.59. The van der Waals surface area contributed by atoms with Gasteiger partial charge < -0.3 is 9.63 Å². The summed E-state index contributed by atoms with van der Waals surface area (Å²) in [7, 11) is -4.12. The molecule has 1 aromatic carbocycles. The molecule has 30 heavy (non-hydrogen) atoms. The first kappa shape index (κ1) is 22.5.